The fourth-order valence-corrected chi connectivity index (χ4v) is 2.87. The first-order chi connectivity index (χ1) is 8.25. The fourth-order valence-electron chi connectivity index (χ4n) is 2.67. The van der Waals surface area contributed by atoms with Crippen LogP contribution >= 0.6 is 11.6 Å². The van der Waals surface area contributed by atoms with Crippen LogP contribution in [0.5, 0.6) is 0 Å². The third-order valence-corrected chi connectivity index (χ3v) is 3.92. The average Bonchev–Trinajstić information content (AvgIpc) is 2.57. The molecule has 0 aliphatic heterocycles. The van der Waals surface area contributed by atoms with Crippen LogP contribution in [0.3, 0.4) is 0 Å². The van der Waals surface area contributed by atoms with Crippen LogP contribution in [-0.2, 0) is 0 Å². The highest BCUT2D eigenvalue weighted by Crippen LogP contribution is 2.22. The molecule has 0 bridgehead atoms. The van der Waals surface area contributed by atoms with E-state index in [2.05, 4.69) is 24.4 Å². The maximum absolute atomic E-state index is 6.03. The molecule has 0 aromatic heterocycles. The van der Waals surface area contributed by atoms with Crippen molar-refractivity contribution in [2.24, 2.45) is 0 Å². The van der Waals surface area contributed by atoms with Crippen LogP contribution in [0.4, 0.5) is 0 Å². The van der Waals surface area contributed by atoms with Crippen molar-refractivity contribution in [3.8, 4) is 0 Å². The van der Waals surface area contributed by atoms with Crippen LogP contribution < -0.4 is 5.32 Å². The Bertz CT molecular complexity index is 343. The van der Waals surface area contributed by atoms with Crippen molar-refractivity contribution in [1.82, 2.24) is 5.32 Å². The standard InChI is InChI=1S/C15H22ClN/c1-12(13-7-6-8-14(16)11-13)17-15-9-4-2-3-5-10-15/h6-8,11-12,15,17H,2-5,9-10H2,1H3/t12-/m0/s1. The molecule has 1 aromatic carbocycles. The normalized spacial score (nSPS) is 19.9. The molecule has 0 heterocycles. The zero-order valence-corrected chi connectivity index (χ0v) is 11.3. The van der Waals surface area contributed by atoms with E-state index in [0.29, 0.717) is 12.1 Å². The third-order valence-electron chi connectivity index (χ3n) is 3.69. The minimum absolute atomic E-state index is 0.400. The van der Waals surface area contributed by atoms with E-state index in [1.54, 1.807) is 0 Å². The number of hydrogen-bond acceptors (Lipinski definition) is 1. The third kappa shape index (κ3) is 4.01. The van der Waals surface area contributed by atoms with Crippen molar-refractivity contribution in [3.05, 3.63) is 34.9 Å². The summed E-state index contributed by atoms with van der Waals surface area (Å²) in [6.07, 6.45) is 8.21. The summed E-state index contributed by atoms with van der Waals surface area (Å²) in [4.78, 5) is 0. The van der Waals surface area contributed by atoms with E-state index in [1.165, 1.54) is 44.1 Å². The van der Waals surface area contributed by atoms with Crippen molar-refractivity contribution >= 4 is 11.6 Å². The van der Waals surface area contributed by atoms with Crippen LogP contribution in [0.1, 0.15) is 57.1 Å². The quantitative estimate of drug-likeness (QED) is 0.767. The molecule has 1 aliphatic carbocycles. The fraction of sp³-hybridized carbons (Fsp3) is 0.600. The largest absolute Gasteiger partial charge is 0.307 e. The molecule has 0 amide bonds. The molecule has 1 atom stereocenters. The van der Waals surface area contributed by atoms with Crippen LogP contribution in [0.15, 0.2) is 24.3 Å². The Hall–Kier alpha value is -0.530. The lowest BCUT2D eigenvalue weighted by Crippen LogP contribution is -2.31. The van der Waals surface area contributed by atoms with Gasteiger partial charge in [0.15, 0.2) is 0 Å². The molecule has 2 heteroatoms. The number of nitrogens with one attached hydrogen (secondary N) is 1. The second-order valence-corrected chi connectivity index (χ2v) is 5.57. The van der Waals surface area contributed by atoms with Gasteiger partial charge in [0, 0.05) is 17.1 Å². The van der Waals surface area contributed by atoms with E-state index in [4.69, 9.17) is 11.6 Å². The lowest BCUT2D eigenvalue weighted by molar-refractivity contribution is 0.414. The van der Waals surface area contributed by atoms with Crippen LogP contribution in [0.25, 0.3) is 0 Å². The first-order valence-electron chi connectivity index (χ1n) is 6.77. The highest BCUT2D eigenvalue weighted by Gasteiger charge is 2.15. The van der Waals surface area contributed by atoms with Crippen molar-refractivity contribution in [2.75, 3.05) is 0 Å². The van der Waals surface area contributed by atoms with E-state index in [9.17, 15) is 0 Å². The molecule has 2 rings (SSSR count). The van der Waals surface area contributed by atoms with Crippen LogP contribution in [0.2, 0.25) is 5.02 Å². The Morgan fingerprint density at radius 3 is 2.53 bits per heavy atom. The first-order valence-corrected chi connectivity index (χ1v) is 7.15. The molecule has 1 N–H and O–H groups in total. The van der Waals surface area contributed by atoms with Crippen LogP contribution in [-0.4, -0.2) is 6.04 Å². The molecule has 0 unspecified atom stereocenters. The summed E-state index contributed by atoms with van der Waals surface area (Å²) in [5, 5.41) is 4.57. The zero-order valence-electron chi connectivity index (χ0n) is 10.6. The molecule has 1 nitrogen and oxygen atoms in total. The minimum atomic E-state index is 0.400. The number of benzene rings is 1. The summed E-state index contributed by atoms with van der Waals surface area (Å²) < 4.78 is 0. The van der Waals surface area contributed by atoms with Gasteiger partial charge in [-0.1, -0.05) is 49.4 Å². The highest BCUT2D eigenvalue weighted by molar-refractivity contribution is 6.30. The molecule has 17 heavy (non-hydrogen) atoms. The topological polar surface area (TPSA) is 12.0 Å². The van der Waals surface area contributed by atoms with E-state index in [0.717, 1.165) is 5.02 Å². The van der Waals surface area contributed by atoms with E-state index in [-0.39, 0.29) is 0 Å². The summed E-state index contributed by atoms with van der Waals surface area (Å²) in [5.41, 5.74) is 1.29. The molecular weight excluding hydrogens is 230 g/mol. The SMILES string of the molecule is C[C@H](NC1CCCCCC1)c1cccc(Cl)c1. The minimum Gasteiger partial charge on any atom is -0.307 e. The number of hydrogen-bond donors (Lipinski definition) is 1. The smallest absolute Gasteiger partial charge is 0.0409 e. The predicted molar refractivity (Wildman–Crippen MR) is 74.5 cm³/mol. The molecule has 0 saturated heterocycles. The maximum atomic E-state index is 6.03. The van der Waals surface area contributed by atoms with Gasteiger partial charge in [0.25, 0.3) is 0 Å². The van der Waals surface area contributed by atoms with E-state index in [1.807, 2.05) is 12.1 Å². The molecular formula is C15H22ClN. The summed E-state index contributed by atoms with van der Waals surface area (Å²) in [6, 6.07) is 9.27. The summed E-state index contributed by atoms with van der Waals surface area (Å²) >= 11 is 6.03. The second kappa shape index (κ2) is 6.42. The zero-order chi connectivity index (χ0) is 12.1. The predicted octanol–water partition coefficient (Wildman–Crippen LogP) is 4.71. The molecule has 1 saturated carbocycles. The van der Waals surface area contributed by atoms with Gasteiger partial charge in [-0.3, -0.25) is 0 Å². The van der Waals surface area contributed by atoms with Crippen molar-refractivity contribution in [2.45, 2.75) is 57.5 Å². The highest BCUT2D eigenvalue weighted by atomic mass is 35.5. The van der Waals surface area contributed by atoms with Gasteiger partial charge < -0.3 is 5.32 Å². The molecule has 1 aromatic rings. The van der Waals surface area contributed by atoms with Gasteiger partial charge in [-0.15, -0.1) is 0 Å². The number of rotatable bonds is 3. The molecule has 94 valence electrons. The Labute approximate surface area is 110 Å². The summed E-state index contributed by atoms with van der Waals surface area (Å²) in [6.45, 7) is 2.23. The first kappa shape index (κ1) is 12.9. The summed E-state index contributed by atoms with van der Waals surface area (Å²) in [7, 11) is 0. The van der Waals surface area contributed by atoms with Crippen LogP contribution in [0, 0.1) is 0 Å². The van der Waals surface area contributed by atoms with Gasteiger partial charge in [-0.2, -0.15) is 0 Å². The van der Waals surface area contributed by atoms with Gasteiger partial charge in [0.2, 0.25) is 0 Å². The lowest BCUT2D eigenvalue weighted by Gasteiger charge is -2.22. The van der Waals surface area contributed by atoms with E-state index < -0.39 is 0 Å². The molecule has 0 spiro atoms. The lowest BCUT2D eigenvalue weighted by atomic mass is 10.0. The van der Waals surface area contributed by atoms with Gasteiger partial charge in [-0.25, -0.2) is 0 Å². The Morgan fingerprint density at radius 2 is 1.88 bits per heavy atom. The molecule has 1 aliphatic rings. The van der Waals surface area contributed by atoms with Gasteiger partial charge in [0.1, 0.15) is 0 Å². The van der Waals surface area contributed by atoms with Crippen molar-refractivity contribution in [3.63, 3.8) is 0 Å². The van der Waals surface area contributed by atoms with Crippen molar-refractivity contribution in [1.29, 1.82) is 0 Å². The summed E-state index contributed by atoms with van der Waals surface area (Å²) in [5.74, 6) is 0. The Kier molecular flexibility index (Phi) is 4.87. The van der Waals surface area contributed by atoms with E-state index >= 15 is 0 Å². The van der Waals surface area contributed by atoms with Gasteiger partial charge in [0.05, 0.1) is 0 Å². The molecule has 0 radical (unpaired) electrons. The van der Waals surface area contributed by atoms with Crippen molar-refractivity contribution < 1.29 is 0 Å². The van der Waals surface area contributed by atoms with Gasteiger partial charge in [-0.05, 0) is 37.5 Å². The molecule has 1 fully saturated rings. The second-order valence-electron chi connectivity index (χ2n) is 5.13. The average molecular weight is 252 g/mol. The number of halogens is 1. The van der Waals surface area contributed by atoms with Gasteiger partial charge >= 0.3 is 0 Å². The monoisotopic (exact) mass is 251 g/mol. The Morgan fingerprint density at radius 1 is 1.18 bits per heavy atom. The Balaban J connectivity index is 1.93. The maximum Gasteiger partial charge on any atom is 0.0409 e.